The van der Waals surface area contributed by atoms with E-state index in [4.69, 9.17) is 0 Å². The van der Waals surface area contributed by atoms with Crippen LogP contribution in [0.4, 0.5) is 0 Å². The van der Waals surface area contributed by atoms with Crippen LogP contribution in [0.15, 0.2) is 22.3 Å². The lowest BCUT2D eigenvalue weighted by atomic mass is 10.2. The van der Waals surface area contributed by atoms with E-state index in [-0.39, 0.29) is 11.5 Å². The largest absolute Gasteiger partial charge is 0.356 e. The molecule has 0 radical (unpaired) electrons. The molecule has 1 amide bonds. The molecule has 4 rings (SSSR count). The summed E-state index contributed by atoms with van der Waals surface area (Å²) in [7, 11) is 0. The van der Waals surface area contributed by atoms with Gasteiger partial charge in [0.25, 0.3) is 5.56 Å². The van der Waals surface area contributed by atoms with Crippen molar-refractivity contribution in [2.75, 3.05) is 26.2 Å². The Morgan fingerprint density at radius 1 is 1.13 bits per heavy atom. The highest BCUT2D eigenvalue weighted by Crippen LogP contribution is 2.24. The first-order valence-electron chi connectivity index (χ1n) is 11.1. The van der Waals surface area contributed by atoms with Crippen molar-refractivity contribution >= 4 is 33.0 Å². The zero-order valence-electron chi connectivity index (χ0n) is 17.7. The summed E-state index contributed by atoms with van der Waals surface area (Å²) in [5, 5.41) is 9.51. The molecule has 1 aliphatic heterocycles. The third-order valence-electron chi connectivity index (χ3n) is 5.91. The van der Waals surface area contributed by atoms with Crippen molar-refractivity contribution in [3.63, 3.8) is 0 Å². The van der Waals surface area contributed by atoms with E-state index in [1.165, 1.54) is 43.5 Å². The Morgan fingerprint density at radius 3 is 2.73 bits per heavy atom. The first kappa shape index (κ1) is 21.1. The van der Waals surface area contributed by atoms with Gasteiger partial charge in [-0.05, 0) is 69.8 Å². The van der Waals surface area contributed by atoms with Gasteiger partial charge in [0.2, 0.25) is 5.91 Å². The molecule has 4 heterocycles. The average Bonchev–Trinajstić information content (AvgIpc) is 3.22. The number of carbonyl (C=O) groups excluding carboxylic acids is 1. The summed E-state index contributed by atoms with van der Waals surface area (Å²) >= 11 is 1.62. The predicted octanol–water partition coefficient (Wildman–Crippen LogP) is 3.18. The molecule has 1 saturated heterocycles. The van der Waals surface area contributed by atoms with E-state index in [2.05, 4.69) is 15.3 Å². The second kappa shape index (κ2) is 9.75. The van der Waals surface area contributed by atoms with E-state index >= 15 is 0 Å². The van der Waals surface area contributed by atoms with Crippen molar-refractivity contribution in [1.82, 2.24) is 24.4 Å². The first-order valence-corrected chi connectivity index (χ1v) is 12.0. The summed E-state index contributed by atoms with van der Waals surface area (Å²) in [6.45, 7) is 6.54. The maximum absolute atomic E-state index is 12.8. The topological polar surface area (TPSA) is 71.6 Å². The fourth-order valence-electron chi connectivity index (χ4n) is 4.35. The van der Waals surface area contributed by atoms with Gasteiger partial charge in [0.15, 0.2) is 0 Å². The van der Waals surface area contributed by atoms with Crippen LogP contribution in [0.25, 0.3) is 15.7 Å². The SMILES string of the molecule is Cc1nn(CCCC(=O)NCCCN2CCCCCC2)c(=O)c2cc3sccc3n12. The van der Waals surface area contributed by atoms with Crippen LogP contribution in [0.2, 0.25) is 0 Å². The average molecular weight is 430 g/mol. The summed E-state index contributed by atoms with van der Waals surface area (Å²) in [5.41, 5.74) is 1.59. The molecule has 1 N–H and O–H groups in total. The van der Waals surface area contributed by atoms with Crippen LogP contribution < -0.4 is 10.9 Å². The van der Waals surface area contributed by atoms with Gasteiger partial charge in [-0.15, -0.1) is 11.3 Å². The predicted molar refractivity (Wildman–Crippen MR) is 121 cm³/mol. The number of likely N-dealkylation sites (tertiary alicyclic amines) is 1. The lowest BCUT2D eigenvalue weighted by Crippen LogP contribution is -2.31. The number of amides is 1. The first-order chi connectivity index (χ1) is 14.6. The molecule has 0 bridgehead atoms. The number of nitrogens with one attached hydrogen (secondary N) is 1. The number of hydrogen-bond acceptors (Lipinski definition) is 5. The van der Waals surface area contributed by atoms with Crippen molar-refractivity contribution in [2.24, 2.45) is 0 Å². The molecule has 0 aliphatic carbocycles. The molecule has 8 heteroatoms. The van der Waals surface area contributed by atoms with Crippen LogP contribution in [0, 0.1) is 6.92 Å². The fraction of sp³-hybridized carbons (Fsp3) is 0.591. The minimum atomic E-state index is -0.0955. The molecule has 0 saturated carbocycles. The number of fused-ring (bicyclic) bond motifs is 3. The molecule has 1 aliphatic rings. The Kier molecular flexibility index (Phi) is 6.84. The van der Waals surface area contributed by atoms with E-state index in [1.807, 2.05) is 28.8 Å². The maximum Gasteiger partial charge on any atom is 0.291 e. The van der Waals surface area contributed by atoms with Crippen molar-refractivity contribution in [3.05, 3.63) is 33.7 Å². The molecule has 3 aromatic rings. The summed E-state index contributed by atoms with van der Waals surface area (Å²) in [6, 6.07) is 3.95. The van der Waals surface area contributed by atoms with E-state index in [0.717, 1.165) is 35.6 Å². The summed E-state index contributed by atoms with van der Waals surface area (Å²) in [6.07, 6.45) is 7.31. The van der Waals surface area contributed by atoms with E-state index in [0.29, 0.717) is 24.9 Å². The molecule has 0 atom stereocenters. The van der Waals surface area contributed by atoms with Crippen LogP contribution in [-0.4, -0.2) is 51.2 Å². The molecule has 1 fully saturated rings. The van der Waals surface area contributed by atoms with Crippen LogP contribution in [0.5, 0.6) is 0 Å². The van der Waals surface area contributed by atoms with Crippen LogP contribution in [0.1, 0.15) is 50.8 Å². The number of aryl methyl sites for hydroxylation is 2. The molecule has 30 heavy (non-hydrogen) atoms. The van der Waals surface area contributed by atoms with Gasteiger partial charge in [-0.2, -0.15) is 5.10 Å². The summed E-state index contributed by atoms with van der Waals surface area (Å²) in [4.78, 5) is 27.5. The highest BCUT2D eigenvalue weighted by Gasteiger charge is 2.13. The number of aromatic nitrogens is 3. The minimum Gasteiger partial charge on any atom is -0.356 e. The third-order valence-corrected chi connectivity index (χ3v) is 6.76. The second-order valence-corrected chi connectivity index (χ2v) is 9.12. The smallest absolute Gasteiger partial charge is 0.291 e. The Morgan fingerprint density at radius 2 is 1.93 bits per heavy atom. The maximum atomic E-state index is 12.8. The highest BCUT2D eigenvalue weighted by molar-refractivity contribution is 7.17. The highest BCUT2D eigenvalue weighted by atomic mass is 32.1. The zero-order valence-corrected chi connectivity index (χ0v) is 18.5. The van der Waals surface area contributed by atoms with E-state index < -0.39 is 0 Å². The van der Waals surface area contributed by atoms with Gasteiger partial charge in [0, 0.05) is 19.5 Å². The monoisotopic (exact) mass is 429 g/mol. The quantitative estimate of drug-likeness (QED) is 0.558. The van der Waals surface area contributed by atoms with Crippen molar-refractivity contribution in [3.8, 4) is 0 Å². The van der Waals surface area contributed by atoms with Crippen molar-refractivity contribution < 1.29 is 4.79 Å². The molecular weight excluding hydrogens is 398 g/mol. The molecule has 0 aromatic carbocycles. The second-order valence-electron chi connectivity index (χ2n) is 8.17. The summed E-state index contributed by atoms with van der Waals surface area (Å²) in [5.74, 6) is 0.843. The molecular formula is C22H31N5O2S. The Bertz CT molecular complexity index is 1060. The van der Waals surface area contributed by atoms with Gasteiger partial charge in [-0.3, -0.25) is 14.0 Å². The van der Waals surface area contributed by atoms with Gasteiger partial charge >= 0.3 is 0 Å². The molecule has 0 unspecified atom stereocenters. The Balaban J connectivity index is 1.24. The molecule has 0 spiro atoms. The lowest BCUT2D eigenvalue weighted by molar-refractivity contribution is -0.121. The van der Waals surface area contributed by atoms with Crippen molar-refractivity contribution in [2.45, 2.75) is 58.4 Å². The summed E-state index contributed by atoms with van der Waals surface area (Å²) < 4.78 is 4.51. The molecule has 3 aromatic heterocycles. The number of rotatable bonds is 8. The van der Waals surface area contributed by atoms with Gasteiger partial charge in [0.05, 0.1) is 10.2 Å². The van der Waals surface area contributed by atoms with Crippen LogP contribution >= 0.6 is 11.3 Å². The Labute approximate surface area is 180 Å². The van der Waals surface area contributed by atoms with Gasteiger partial charge < -0.3 is 10.2 Å². The van der Waals surface area contributed by atoms with E-state index in [9.17, 15) is 9.59 Å². The number of thiophene rings is 1. The minimum absolute atomic E-state index is 0.0555. The van der Waals surface area contributed by atoms with Crippen LogP contribution in [0.3, 0.4) is 0 Å². The number of carbonyl (C=O) groups is 1. The molecule has 162 valence electrons. The molecule has 7 nitrogen and oxygen atoms in total. The van der Waals surface area contributed by atoms with Crippen LogP contribution in [-0.2, 0) is 11.3 Å². The third kappa shape index (κ3) is 4.75. The van der Waals surface area contributed by atoms with Gasteiger partial charge in [-0.25, -0.2) is 4.68 Å². The Hall–Kier alpha value is -2.19. The van der Waals surface area contributed by atoms with E-state index in [1.54, 1.807) is 11.3 Å². The number of hydrogen-bond donors (Lipinski definition) is 1. The van der Waals surface area contributed by atoms with Crippen molar-refractivity contribution in [1.29, 1.82) is 0 Å². The fourth-order valence-corrected chi connectivity index (χ4v) is 5.15. The zero-order chi connectivity index (χ0) is 20.9. The van der Waals surface area contributed by atoms with Gasteiger partial charge in [-0.1, -0.05) is 12.8 Å². The number of nitrogens with zero attached hydrogens (tertiary/aromatic N) is 4. The standard InChI is InChI=1S/C22H31N5O2S/c1-17-24-26(22(29)19-16-20-18(27(17)19)9-15-30-20)14-6-8-21(28)23-10-7-13-25-11-4-2-3-5-12-25/h9,15-16H,2-8,10-14H2,1H3,(H,23,28). The lowest BCUT2D eigenvalue weighted by Gasteiger charge is -2.19. The normalized spacial score (nSPS) is 15.6. The van der Waals surface area contributed by atoms with Gasteiger partial charge in [0.1, 0.15) is 11.3 Å².